The van der Waals surface area contributed by atoms with E-state index in [1.807, 2.05) is 6.92 Å². The fourth-order valence-electron chi connectivity index (χ4n) is 5.57. The molecule has 7 nitrogen and oxygen atoms in total. The highest BCUT2D eigenvalue weighted by Gasteiger charge is 2.52. The molecule has 2 aromatic rings. The maximum absolute atomic E-state index is 14.1. The first-order valence-corrected chi connectivity index (χ1v) is 11.5. The van der Waals surface area contributed by atoms with Crippen molar-refractivity contribution < 1.29 is 18.4 Å². The highest BCUT2D eigenvalue weighted by molar-refractivity contribution is 6.31. The molecule has 2 heterocycles. The molecule has 33 heavy (non-hydrogen) atoms. The highest BCUT2D eigenvalue weighted by Crippen LogP contribution is 2.45. The lowest BCUT2D eigenvalue weighted by molar-refractivity contribution is -0.00597. The van der Waals surface area contributed by atoms with Gasteiger partial charge in [0.2, 0.25) is 0 Å². The second-order valence-electron chi connectivity index (χ2n) is 10.1. The third kappa shape index (κ3) is 3.96. The molecule has 2 aliphatic carbocycles. The van der Waals surface area contributed by atoms with Gasteiger partial charge >= 0.3 is 6.03 Å². The number of halogens is 3. The molecule has 1 atom stereocenters. The van der Waals surface area contributed by atoms with E-state index in [-0.39, 0.29) is 42.0 Å². The van der Waals surface area contributed by atoms with Gasteiger partial charge in [0.1, 0.15) is 17.2 Å². The predicted molar refractivity (Wildman–Crippen MR) is 119 cm³/mol. The van der Waals surface area contributed by atoms with Crippen LogP contribution in [0.25, 0.3) is 11.3 Å². The number of fused-ring (bicyclic) bond motifs is 1. The van der Waals surface area contributed by atoms with E-state index >= 15 is 0 Å². The molecule has 3 amide bonds. The molecule has 3 aliphatic rings. The van der Waals surface area contributed by atoms with Crippen LogP contribution in [-0.2, 0) is 13.1 Å². The van der Waals surface area contributed by atoms with Gasteiger partial charge in [-0.05, 0) is 50.8 Å². The average Bonchev–Trinajstić information content (AvgIpc) is 3.47. The number of urea groups is 1. The Morgan fingerprint density at radius 1 is 1.27 bits per heavy atom. The van der Waals surface area contributed by atoms with Gasteiger partial charge in [-0.3, -0.25) is 9.48 Å². The Morgan fingerprint density at radius 2 is 1.97 bits per heavy atom. The minimum Gasteiger partial charge on any atom is -0.365 e. The van der Waals surface area contributed by atoms with Crippen LogP contribution >= 0.6 is 11.6 Å². The van der Waals surface area contributed by atoms with Crippen LogP contribution in [0.2, 0.25) is 5.02 Å². The van der Waals surface area contributed by atoms with E-state index < -0.39 is 22.9 Å². The Morgan fingerprint density at radius 3 is 2.55 bits per heavy atom. The standard InChI is InChI=1S/C23H26ClF2N5O2/c1-22(26)10-23(2,11-22)28-21(33)30-8-17-18(20(27)32)19(13-5-6-15(25)14(24)7-13)29-31(17)9-16(30)12-3-4-12/h5-7,12,16H,3-4,8-11H2,1-2H3,(H2,27,32)(H,28,33). The van der Waals surface area contributed by atoms with E-state index in [2.05, 4.69) is 10.4 Å². The van der Waals surface area contributed by atoms with E-state index in [0.29, 0.717) is 29.4 Å². The topological polar surface area (TPSA) is 93.2 Å². The van der Waals surface area contributed by atoms with Gasteiger partial charge in [-0.15, -0.1) is 0 Å². The fraction of sp³-hybridized carbons (Fsp3) is 0.522. The van der Waals surface area contributed by atoms with E-state index in [4.69, 9.17) is 17.3 Å². The molecule has 0 bridgehead atoms. The first-order chi connectivity index (χ1) is 15.5. The molecule has 5 rings (SSSR count). The highest BCUT2D eigenvalue weighted by atomic mass is 35.5. The van der Waals surface area contributed by atoms with Crippen LogP contribution in [0.3, 0.4) is 0 Å². The summed E-state index contributed by atoms with van der Waals surface area (Å²) in [6, 6.07) is 3.75. The fourth-order valence-corrected chi connectivity index (χ4v) is 5.75. The van der Waals surface area contributed by atoms with Crippen molar-refractivity contribution in [3.63, 3.8) is 0 Å². The van der Waals surface area contributed by atoms with Crippen LogP contribution in [0.1, 0.15) is 55.6 Å². The van der Waals surface area contributed by atoms with E-state index in [1.54, 1.807) is 9.58 Å². The van der Waals surface area contributed by atoms with Gasteiger partial charge in [0, 0.05) is 23.9 Å². The smallest absolute Gasteiger partial charge is 0.318 e. The van der Waals surface area contributed by atoms with Crippen molar-refractivity contribution in [3.05, 3.63) is 40.3 Å². The summed E-state index contributed by atoms with van der Waals surface area (Å²) in [5.41, 5.74) is 5.35. The second kappa shape index (κ2) is 7.41. The molecular formula is C23H26ClF2N5O2. The number of amides is 3. The molecule has 2 fully saturated rings. The van der Waals surface area contributed by atoms with Crippen molar-refractivity contribution in [3.8, 4) is 11.3 Å². The zero-order chi connectivity index (χ0) is 23.7. The maximum Gasteiger partial charge on any atom is 0.318 e. The number of nitrogens with zero attached hydrogens (tertiary/aromatic N) is 3. The van der Waals surface area contributed by atoms with Gasteiger partial charge in [0.25, 0.3) is 5.91 Å². The number of aromatic nitrogens is 2. The van der Waals surface area contributed by atoms with Crippen LogP contribution in [0.15, 0.2) is 18.2 Å². The van der Waals surface area contributed by atoms with Gasteiger partial charge < -0.3 is 16.0 Å². The second-order valence-corrected chi connectivity index (χ2v) is 10.5. The molecule has 1 aliphatic heterocycles. The van der Waals surface area contributed by atoms with E-state index in [0.717, 1.165) is 12.8 Å². The summed E-state index contributed by atoms with van der Waals surface area (Å²) >= 11 is 5.95. The lowest BCUT2D eigenvalue weighted by atomic mass is 9.68. The molecule has 3 N–H and O–H groups in total. The summed E-state index contributed by atoms with van der Waals surface area (Å²) in [7, 11) is 0. The van der Waals surface area contributed by atoms with Crippen LogP contribution in [0.4, 0.5) is 13.6 Å². The minimum absolute atomic E-state index is 0.0839. The van der Waals surface area contributed by atoms with Crippen molar-refractivity contribution in [1.29, 1.82) is 0 Å². The quantitative estimate of drug-likeness (QED) is 0.696. The SMILES string of the molecule is CC1(F)CC(C)(NC(=O)N2Cc3c(C(N)=O)c(-c4ccc(F)c(Cl)c4)nn3CC2C2CC2)C1. The Labute approximate surface area is 195 Å². The zero-order valence-corrected chi connectivity index (χ0v) is 19.3. The number of carbonyl (C=O) groups is 2. The molecule has 176 valence electrons. The predicted octanol–water partition coefficient (Wildman–Crippen LogP) is 4.03. The van der Waals surface area contributed by atoms with Gasteiger partial charge in [0.15, 0.2) is 0 Å². The summed E-state index contributed by atoms with van der Waals surface area (Å²) in [4.78, 5) is 27.5. The summed E-state index contributed by atoms with van der Waals surface area (Å²) in [5.74, 6) is -0.916. The Kier molecular flexibility index (Phi) is 4.97. The normalized spacial score (nSPS) is 28.8. The van der Waals surface area contributed by atoms with Gasteiger partial charge in [0.05, 0.1) is 35.4 Å². The number of carbonyl (C=O) groups excluding carboxylic acids is 2. The molecule has 2 saturated carbocycles. The molecule has 0 spiro atoms. The van der Waals surface area contributed by atoms with Crippen LogP contribution in [0, 0.1) is 11.7 Å². The number of nitrogens with one attached hydrogen (secondary N) is 1. The number of primary amides is 1. The Bertz CT molecular complexity index is 1150. The zero-order valence-electron chi connectivity index (χ0n) is 18.5. The molecule has 1 unspecified atom stereocenters. The number of nitrogens with two attached hydrogens (primary N) is 1. The number of hydrogen-bond acceptors (Lipinski definition) is 3. The lowest BCUT2D eigenvalue weighted by Crippen LogP contribution is -2.64. The van der Waals surface area contributed by atoms with Crippen LogP contribution in [-0.4, -0.2) is 43.9 Å². The van der Waals surface area contributed by atoms with Crippen molar-refractivity contribution in [2.75, 3.05) is 0 Å². The van der Waals surface area contributed by atoms with E-state index in [9.17, 15) is 18.4 Å². The van der Waals surface area contributed by atoms with Crippen molar-refractivity contribution in [1.82, 2.24) is 20.0 Å². The minimum atomic E-state index is -1.27. The summed E-state index contributed by atoms with van der Waals surface area (Å²) in [5, 5.41) is 7.54. The summed E-state index contributed by atoms with van der Waals surface area (Å²) < 4.78 is 29.5. The van der Waals surface area contributed by atoms with Crippen molar-refractivity contribution in [2.24, 2.45) is 11.7 Å². The first kappa shape index (κ1) is 22.1. The first-order valence-electron chi connectivity index (χ1n) is 11.1. The molecular weight excluding hydrogens is 452 g/mol. The third-order valence-electron chi connectivity index (χ3n) is 6.93. The van der Waals surface area contributed by atoms with Gasteiger partial charge in [-0.25, -0.2) is 13.6 Å². The lowest BCUT2D eigenvalue weighted by Gasteiger charge is -2.49. The van der Waals surface area contributed by atoms with Gasteiger partial charge in [-0.2, -0.15) is 5.10 Å². The molecule has 1 aromatic heterocycles. The number of alkyl halides is 1. The number of benzene rings is 1. The van der Waals surface area contributed by atoms with Crippen LogP contribution < -0.4 is 11.1 Å². The Hall–Kier alpha value is -2.68. The molecule has 10 heteroatoms. The van der Waals surface area contributed by atoms with E-state index in [1.165, 1.54) is 25.1 Å². The largest absolute Gasteiger partial charge is 0.365 e. The number of rotatable bonds is 4. The third-order valence-corrected chi connectivity index (χ3v) is 7.22. The van der Waals surface area contributed by atoms with Crippen molar-refractivity contribution in [2.45, 2.75) is 69.9 Å². The van der Waals surface area contributed by atoms with Crippen LogP contribution in [0.5, 0.6) is 0 Å². The monoisotopic (exact) mass is 477 g/mol. The summed E-state index contributed by atoms with van der Waals surface area (Å²) in [6.45, 7) is 3.95. The molecule has 0 saturated heterocycles. The average molecular weight is 478 g/mol. The van der Waals surface area contributed by atoms with Gasteiger partial charge in [-0.1, -0.05) is 11.6 Å². The molecule has 1 aromatic carbocycles. The Balaban J connectivity index is 1.49. The summed E-state index contributed by atoms with van der Waals surface area (Å²) in [6.07, 6.45) is 2.53. The molecule has 0 radical (unpaired) electrons. The number of hydrogen-bond donors (Lipinski definition) is 2. The maximum atomic E-state index is 14.1. The van der Waals surface area contributed by atoms with Crippen molar-refractivity contribution >= 4 is 23.5 Å².